The van der Waals surface area contributed by atoms with Crippen LogP contribution in [0.5, 0.6) is 5.75 Å². The van der Waals surface area contributed by atoms with Crippen molar-refractivity contribution in [2.75, 3.05) is 0 Å². The van der Waals surface area contributed by atoms with Crippen LogP contribution in [0.1, 0.15) is 28.8 Å². The molecule has 2 heterocycles. The third-order valence-electron chi connectivity index (χ3n) is 3.69. The van der Waals surface area contributed by atoms with E-state index in [0.29, 0.717) is 5.56 Å². The molecule has 2 aliphatic heterocycles. The van der Waals surface area contributed by atoms with E-state index in [9.17, 15) is 26.7 Å². The molecule has 3 rings (SSSR count). The lowest BCUT2D eigenvalue weighted by atomic mass is 10.0. The van der Waals surface area contributed by atoms with Crippen molar-refractivity contribution in [3.8, 4) is 5.75 Å². The third kappa shape index (κ3) is 3.02. The monoisotopic (exact) mass is 342 g/mol. The molecule has 2 aliphatic rings. The number of hydrogen-bond donors (Lipinski definition) is 1. The maximum Gasteiger partial charge on any atom is 0.488 e. The van der Waals surface area contributed by atoms with Crippen molar-refractivity contribution in [3.05, 3.63) is 29.3 Å². The molecule has 0 aliphatic carbocycles. The first-order chi connectivity index (χ1) is 10.7. The van der Waals surface area contributed by atoms with Gasteiger partial charge in [-0.1, -0.05) is 3.89 Å². The molecule has 1 N–H and O–H groups in total. The summed E-state index contributed by atoms with van der Waals surface area (Å²) in [5, 5.41) is 2.17. The van der Waals surface area contributed by atoms with E-state index >= 15 is 0 Å². The summed E-state index contributed by atoms with van der Waals surface area (Å²) in [4.78, 5) is 36.7. The Balaban J connectivity index is 1.84. The Bertz CT molecular complexity index is 822. The molecule has 23 heavy (non-hydrogen) atoms. The van der Waals surface area contributed by atoms with Crippen molar-refractivity contribution in [2.45, 2.75) is 25.4 Å². The van der Waals surface area contributed by atoms with Crippen molar-refractivity contribution in [3.63, 3.8) is 0 Å². The van der Waals surface area contributed by atoms with Gasteiger partial charge in [-0.25, -0.2) is 0 Å². The summed E-state index contributed by atoms with van der Waals surface area (Å²) < 4.78 is 37.7. The van der Waals surface area contributed by atoms with Crippen LogP contribution < -0.4 is 9.50 Å². The van der Waals surface area contributed by atoms with E-state index in [0.717, 1.165) is 6.07 Å². The van der Waals surface area contributed by atoms with Crippen LogP contribution in [0.25, 0.3) is 0 Å². The van der Waals surface area contributed by atoms with Crippen LogP contribution in [-0.2, 0) is 26.6 Å². The van der Waals surface area contributed by atoms with Gasteiger partial charge < -0.3 is 9.08 Å². The molecule has 122 valence electrons. The first kappa shape index (κ1) is 15.4. The minimum atomic E-state index is -5.16. The highest BCUT2D eigenvalue weighted by Crippen LogP contribution is 2.30. The molecule has 1 atom stereocenters. The number of carbonyl (C=O) groups excluding carboxylic acids is 3. The predicted molar refractivity (Wildman–Crippen MR) is 73.1 cm³/mol. The van der Waals surface area contributed by atoms with Gasteiger partial charge in [0.1, 0.15) is 11.8 Å². The topological polar surface area (TPSA) is 110 Å². The number of carbonyl (C=O) groups is 3. The molecule has 1 fully saturated rings. The Morgan fingerprint density at radius 1 is 1.26 bits per heavy atom. The highest BCUT2D eigenvalue weighted by Gasteiger charge is 2.39. The lowest BCUT2D eigenvalue weighted by Crippen LogP contribution is -2.52. The van der Waals surface area contributed by atoms with Crippen LogP contribution in [-0.4, -0.2) is 37.1 Å². The quantitative estimate of drug-likeness (QED) is 0.613. The summed E-state index contributed by atoms with van der Waals surface area (Å²) in [6, 6.07) is 2.92. The molecule has 1 aromatic rings. The zero-order valence-corrected chi connectivity index (χ0v) is 12.4. The van der Waals surface area contributed by atoms with Gasteiger partial charge in [-0.15, -0.1) is 0 Å². The molecule has 3 amide bonds. The zero-order valence-electron chi connectivity index (χ0n) is 11.6. The number of imide groups is 1. The summed E-state index contributed by atoms with van der Waals surface area (Å²) >= 11 is 0. The van der Waals surface area contributed by atoms with Crippen molar-refractivity contribution < 1.29 is 30.9 Å². The Labute approximate surface area is 130 Å². The van der Waals surface area contributed by atoms with Crippen LogP contribution in [0.3, 0.4) is 0 Å². The highest BCUT2D eigenvalue weighted by molar-refractivity contribution is 7.81. The summed E-state index contributed by atoms with van der Waals surface area (Å²) in [5.74, 6) is -1.61. The standard InChI is InChI=1S/C13H11FN2O6S/c14-23(20,21)22-8-1-2-9-7(5-8)6-16(13(9)19)10-3-4-11(17)15-12(10)18/h1-2,5,10H,3-4,6H2,(H,15,17,18). The van der Waals surface area contributed by atoms with Gasteiger partial charge >= 0.3 is 10.5 Å². The first-order valence-electron chi connectivity index (χ1n) is 6.66. The number of piperidine rings is 1. The first-order valence-corrected chi connectivity index (χ1v) is 7.97. The van der Waals surface area contributed by atoms with Crippen LogP contribution in [0, 0.1) is 0 Å². The van der Waals surface area contributed by atoms with Crippen molar-refractivity contribution >= 4 is 28.2 Å². The van der Waals surface area contributed by atoms with E-state index in [1.807, 2.05) is 0 Å². The molecular formula is C13H11FN2O6S. The second kappa shape index (κ2) is 5.30. The number of halogens is 1. The lowest BCUT2D eigenvalue weighted by molar-refractivity contribution is -0.136. The van der Waals surface area contributed by atoms with Crippen molar-refractivity contribution in [2.24, 2.45) is 0 Å². The fourth-order valence-electron chi connectivity index (χ4n) is 2.72. The van der Waals surface area contributed by atoms with E-state index in [4.69, 9.17) is 0 Å². The number of hydrogen-bond acceptors (Lipinski definition) is 6. The summed E-state index contributed by atoms with van der Waals surface area (Å²) in [7, 11) is -5.16. The van der Waals surface area contributed by atoms with Gasteiger partial charge in [-0.05, 0) is 30.2 Å². The fraction of sp³-hybridized carbons (Fsp3) is 0.308. The molecular weight excluding hydrogens is 331 g/mol. The number of nitrogens with one attached hydrogen (secondary N) is 1. The van der Waals surface area contributed by atoms with E-state index < -0.39 is 28.4 Å². The second-order valence-electron chi connectivity index (χ2n) is 5.20. The smallest absolute Gasteiger partial charge is 0.358 e. The molecule has 0 spiro atoms. The Morgan fingerprint density at radius 3 is 2.65 bits per heavy atom. The van der Waals surface area contributed by atoms with Gasteiger partial charge in [0.25, 0.3) is 5.91 Å². The van der Waals surface area contributed by atoms with Crippen LogP contribution in [0.2, 0.25) is 0 Å². The summed E-state index contributed by atoms with van der Waals surface area (Å²) in [6.45, 7) is 0.0456. The maximum absolute atomic E-state index is 12.5. The second-order valence-corrected chi connectivity index (χ2v) is 6.15. The molecule has 1 unspecified atom stereocenters. The maximum atomic E-state index is 12.5. The number of fused-ring (bicyclic) bond motifs is 1. The van der Waals surface area contributed by atoms with Gasteiger partial charge in [-0.3, -0.25) is 19.7 Å². The van der Waals surface area contributed by atoms with Gasteiger partial charge in [0, 0.05) is 18.5 Å². The lowest BCUT2D eigenvalue weighted by Gasteiger charge is -2.29. The molecule has 0 radical (unpaired) electrons. The third-order valence-corrected chi connectivity index (χ3v) is 4.08. The Kier molecular flexibility index (Phi) is 3.55. The van der Waals surface area contributed by atoms with E-state index in [1.54, 1.807) is 0 Å². The molecule has 0 saturated carbocycles. The molecule has 1 saturated heterocycles. The summed E-state index contributed by atoms with van der Waals surface area (Å²) in [5.41, 5.74) is 0.694. The van der Waals surface area contributed by atoms with Crippen molar-refractivity contribution in [1.29, 1.82) is 0 Å². The molecule has 8 nitrogen and oxygen atoms in total. The van der Waals surface area contributed by atoms with E-state index in [2.05, 4.69) is 9.50 Å². The SMILES string of the molecule is O=C1CCC(N2Cc3cc(OS(=O)(=O)F)ccc3C2=O)C(=O)N1. The molecule has 0 bridgehead atoms. The van der Waals surface area contributed by atoms with E-state index in [1.165, 1.54) is 17.0 Å². The average Bonchev–Trinajstić information content (AvgIpc) is 2.74. The normalized spacial score (nSPS) is 21.2. The number of rotatable bonds is 3. The number of benzene rings is 1. The van der Waals surface area contributed by atoms with Crippen LogP contribution >= 0.6 is 0 Å². The summed E-state index contributed by atoms with van der Waals surface area (Å²) in [6.07, 6.45) is 0.345. The highest BCUT2D eigenvalue weighted by atomic mass is 32.3. The van der Waals surface area contributed by atoms with Crippen LogP contribution in [0.15, 0.2) is 18.2 Å². The molecule has 0 aromatic heterocycles. The van der Waals surface area contributed by atoms with E-state index in [-0.39, 0.29) is 36.6 Å². The predicted octanol–water partition coefficient (Wildman–Crippen LogP) is 0.0407. The van der Waals surface area contributed by atoms with Gasteiger partial charge in [-0.2, -0.15) is 8.42 Å². The minimum absolute atomic E-state index is 0.0456. The largest absolute Gasteiger partial charge is 0.488 e. The Hall–Kier alpha value is -2.49. The minimum Gasteiger partial charge on any atom is -0.358 e. The van der Waals surface area contributed by atoms with Crippen LogP contribution in [0.4, 0.5) is 3.89 Å². The molecule has 1 aromatic carbocycles. The van der Waals surface area contributed by atoms with Gasteiger partial charge in [0.15, 0.2) is 0 Å². The fourth-order valence-corrected chi connectivity index (χ4v) is 3.05. The molecule has 10 heteroatoms. The van der Waals surface area contributed by atoms with Crippen molar-refractivity contribution in [1.82, 2.24) is 10.2 Å². The average molecular weight is 342 g/mol. The number of amides is 3. The van der Waals surface area contributed by atoms with Gasteiger partial charge in [0.05, 0.1) is 0 Å². The Morgan fingerprint density at radius 2 is 2.00 bits per heavy atom. The number of nitrogens with zero attached hydrogens (tertiary/aromatic N) is 1. The van der Waals surface area contributed by atoms with Gasteiger partial charge in [0.2, 0.25) is 11.8 Å². The zero-order chi connectivity index (χ0) is 16.8.